The maximum Gasteiger partial charge on any atom is 0.226 e. The Kier molecular flexibility index (Phi) is 8.80. The fraction of sp³-hybridized carbons (Fsp3) is 0.786. The van der Waals surface area contributed by atoms with Crippen LogP contribution in [0.1, 0.15) is 50.5 Å². The Labute approximate surface area is 136 Å². The zero-order chi connectivity index (χ0) is 14.2. The van der Waals surface area contributed by atoms with E-state index in [1.807, 2.05) is 0 Å². The van der Waals surface area contributed by atoms with E-state index in [-0.39, 0.29) is 18.3 Å². The van der Waals surface area contributed by atoms with E-state index in [0.717, 1.165) is 43.8 Å². The molecule has 1 aliphatic heterocycles. The second-order valence-corrected chi connectivity index (χ2v) is 6.45. The minimum absolute atomic E-state index is 0. The molecule has 7 heteroatoms. The average Bonchev–Trinajstić information content (AvgIpc) is 2.91. The van der Waals surface area contributed by atoms with Gasteiger partial charge in [0.2, 0.25) is 11.0 Å². The summed E-state index contributed by atoms with van der Waals surface area (Å²) in [6.45, 7) is 4.33. The number of carbonyl (C=O) groups excluding carboxylic acids is 1. The van der Waals surface area contributed by atoms with Gasteiger partial charge in [0.05, 0.1) is 0 Å². The van der Waals surface area contributed by atoms with Gasteiger partial charge in [-0.1, -0.05) is 24.7 Å². The summed E-state index contributed by atoms with van der Waals surface area (Å²) in [5.74, 6) is 0.762. The normalized spacial score (nSPS) is 15.5. The van der Waals surface area contributed by atoms with Gasteiger partial charge < -0.3 is 10.6 Å². The predicted molar refractivity (Wildman–Crippen MR) is 89.2 cm³/mol. The molecule has 2 N–H and O–H groups in total. The van der Waals surface area contributed by atoms with Crippen LogP contribution in [0.5, 0.6) is 0 Å². The molecule has 2 rings (SSSR count). The van der Waals surface area contributed by atoms with Crippen LogP contribution in [0.3, 0.4) is 0 Å². The first-order valence-corrected chi connectivity index (χ1v) is 8.42. The van der Waals surface area contributed by atoms with Crippen molar-refractivity contribution < 1.29 is 4.79 Å². The average molecular weight is 333 g/mol. The number of piperidine rings is 1. The molecule has 0 saturated carbocycles. The van der Waals surface area contributed by atoms with E-state index >= 15 is 0 Å². The van der Waals surface area contributed by atoms with Crippen molar-refractivity contribution in [3.63, 3.8) is 0 Å². The molecule has 0 unspecified atom stereocenters. The highest BCUT2D eigenvalue weighted by molar-refractivity contribution is 7.15. The number of nitrogens with zero attached hydrogens (tertiary/aromatic N) is 2. The van der Waals surface area contributed by atoms with Crippen LogP contribution in [0.15, 0.2) is 0 Å². The van der Waals surface area contributed by atoms with Crippen molar-refractivity contribution in [1.29, 1.82) is 0 Å². The van der Waals surface area contributed by atoms with Crippen LogP contribution in [-0.4, -0.2) is 29.2 Å². The van der Waals surface area contributed by atoms with Gasteiger partial charge in [0.15, 0.2) is 0 Å². The van der Waals surface area contributed by atoms with E-state index in [1.165, 1.54) is 24.2 Å². The highest BCUT2D eigenvalue weighted by Crippen LogP contribution is 2.20. The zero-order valence-corrected chi connectivity index (χ0v) is 14.2. The molecule has 0 atom stereocenters. The number of hydrogen-bond donors (Lipinski definition) is 2. The molecule has 1 fully saturated rings. The lowest BCUT2D eigenvalue weighted by atomic mass is 9.93. The van der Waals surface area contributed by atoms with Gasteiger partial charge >= 0.3 is 0 Å². The van der Waals surface area contributed by atoms with Gasteiger partial charge in [-0.05, 0) is 44.7 Å². The second-order valence-electron chi connectivity index (χ2n) is 5.38. The fourth-order valence-corrected chi connectivity index (χ4v) is 3.22. The molecular formula is C14H25ClN4OS. The molecule has 120 valence electrons. The Hall–Kier alpha value is -0.720. The lowest BCUT2D eigenvalue weighted by Gasteiger charge is -2.21. The standard InChI is InChI=1S/C14H24N4OS.ClH/c1-2-3-4-13-17-18-14(20-13)16-12(19)6-5-11-7-9-15-10-8-11;/h11,15H,2-10H2,1H3,(H,16,18,19);1H. The first-order chi connectivity index (χ1) is 9.78. The summed E-state index contributed by atoms with van der Waals surface area (Å²) in [6, 6.07) is 0. The molecule has 1 aliphatic rings. The summed E-state index contributed by atoms with van der Waals surface area (Å²) in [7, 11) is 0. The van der Waals surface area contributed by atoms with Crippen LogP contribution in [0.2, 0.25) is 0 Å². The smallest absolute Gasteiger partial charge is 0.226 e. The van der Waals surface area contributed by atoms with Crippen molar-refractivity contribution in [3.8, 4) is 0 Å². The van der Waals surface area contributed by atoms with E-state index in [0.29, 0.717) is 17.5 Å². The highest BCUT2D eigenvalue weighted by atomic mass is 35.5. The molecule has 1 saturated heterocycles. The molecule has 0 radical (unpaired) electrons. The Morgan fingerprint density at radius 1 is 1.38 bits per heavy atom. The molecule has 0 bridgehead atoms. The number of hydrogen-bond acceptors (Lipinski definition) is 5. The predicted octanol–water partition coefficient (Wildman–Crippen LogP) is 3.02. The number of aryl methyl sites for hydroxylation is 1. The first kappa shape index (κ1) is 18.3. The van der Waals surface area contributed by atoms with E-state index in [2.05, 4.69) is 27.8 Å². The minimum atomic E-state index is 0. The number of amides is 1. The number of rotatable bonds is 7. The van der Waals surface area contributed by atoms with Crippen LogP contribution < -0.4 is 10.6 Å². The topological polar surface area (TPSA) is 66.9 Å². The number of halogens is 1. The molecule has 21 heavy (non-hydrogen) atoms. The lowest BCUT2D eigenvalue weighted by Crippen LogP contribution is -2.28. The molecule has 0 spiro atoms. The molecule has 0 aliphatic carbocycles. The number of nitrogens with one attached hydrogen (secondary N) is 2. The molecule has 5 nitrogen and oxygen atoms in total. The molecule has 1 amide bonds. The first-order valence-electron chi connectivity index (χ1n) is 7.61. The summed E-state index contributed by atoms with van der Waals surface area (Å²) >= 11 is 1.50. The van der Waals surface area contributed by atoms with Gasteiger partial charge in [-0.2, -0.15) is 0 Å². The van der Waals surface area contributed by atoms with Crippen LogP contribution >= 0.6 is 23.7 Å². The van der Waals surface area contributed by atoms with E-state index < -0.39 is 0 Å². The summed E-state index contributed by atoms with van der Waals surface area (Å²) in [4.78, 5) is 11.9. The molecule has 1 aromatic heterocycles. The molecular weight excluding hydrogens is 308 g/mol. The van der Waals surface area contributed by atoms with Crippen molar-refractivity contribution in [2.45, 2.75) is 51.9 Å². The van der Waals surface area contributed by atoms with E-state index in [9.17, 15) is 4.79 Å². The SMILES string of the molecule is CCCCc1nnc(NC(=O)CCC2CCNCC2)s1.Cl. The van der Waals surface area contributed by atoms with Crippen molar-refractivity contribution in [2.24, 2.45) is 5.92 Å². The van der Waals surface area contributed by atoms with Gasteiger partial charge in [0, 0.05) is 12.8 Å². The van der Waals surface area contributed by atoms with Crippen LogP contribution in [0.4, 0.5) is 5.13 Å². The Morgan fingerprint density at radius 3 is 2.86 bits per heavy atom. The van der Waals surface area contributed by atoms with Gasteiger partial charge in [-0.25, -0.2) is 0 Å². The number of anilines is 1. The van der Waals surface area contributed by atoms with Gasteiger partial charge in [-0.3, -0.25) is 4.79 Å². The molecule has 2 heterocycles. The van der Waals surface area contributed by atoms with Crippen LogP contribution in [0, 0.1) is 5.92 Å². The Bertz CT molecular complexity index is 421. The number of unbranched alkanes of at least 4 members (excludes halogenated alkanes) is 1. The third-order valence-electron chi connectivity index (χ3n) is 3.70. The Morgan fingerprint density at radius 2 is 2.14 bits per heavy atom. The van der Waals surface area contributed by atoms with E-state index in [1.54, 1.807) is 0 Å². The second kappa shape index (κ2) is 10.1. The van der Waals surface area contributed by atoms with Gasteiger partial charge in [0.25, 0.3) is 0 Å². The summed E-state index contributed by atoms with van der Waals surface area (Å²) in [5, 5.41) is 16.0. The Balaban J connectivity index is 0.00000220. The molecule has 0 aromatic carbocycles. The summed E-state index contributed by atoms with van der Waals surface area (Å²) in [6.07, 6.45) is 7.18. The third kappa shape index (κ3) is 6.72. The summed E-state index contributed by atoms with van der Waals surface area (Å²) < 4.78 is 0. The van der Waals surface area contributed by atoms with Crippen molar-refractivity contribution in [3.05, 3.63) is 5.01 Å². The maximum absolute atomic E-state index is 11.9. The monoisotopic (exact) mass is 332 g/mol. The fourth-order valence-electron chi connectivity index (χ4n) is 2.42. The zero-order valence-electron chi connectivity index (χ0n) is 12.6. The van der Waals surface area contributed by atoms with Gasteiger partial charge in [0.1, 0.15) is 5.01 Å². The number of aromatic nitrogens is 2. The molecule has 1 aromatic rings. The number of carbonyl (C=O) groups is 1. The van der Waals surface area contributed by atoms with Crippen LogP contribution in [-0.2, 0) is 11.2 Å². The van der Waals surface area contributed by atoms with Crippen molar-refractivity contribution >= 4 is 34.8 Å². The highest BCUT2D eigenvalue weighted by Gasteiger charge is 2.15. The van der Waals surface area contributed by atoms with Gasteiger partial charge in [-0.15, -0.1) is 22.6 Å². The quantitative estimate of drug-likeness (QED) is 0.805. The largest absolute Gasteiger partial charge is 0.317 e. The minimum Gasteiger partial charge on any atom is -0.317 e. The third-order valence-corrected chi connectivity index (χ3v) is 4.59. The van der Waals surface area contributed by atoms with Crippen LogP contribution in [0.25, 0.3) is 0 Å². The van der Waals surface area contributed by atoms with E-state index in [4.69, 9.17) is 0 Å². The maximum atomic E-state index is 11.9. The lowest BCUT2D eigenvalue weighted by molar-refractivity contribution is -0.116. The van der Waals surface area contributed by atoms with Crippen molar-refractivity contribution in [2.75, 3.05) is 18.4 Å². The van der Waals surface area contributed by atoms with Crippen molar-refractivity contribution in [1.82, 2.24) is 15.5 Å². The summed E-state index contributed by atoms with van der Waals surface area (Å²) in [5.41, 5.74) is 0.